The first-order valence-corrected chi connectivity index (χ1v) is 6.67. The van der Waals surface area contributed by atoms with Gasteiger partial charge in [0, 0.05) is 0 Å². The molecule has 18 heavy (non-hydrogen) atoms. The normalized spacial score (nSPS) is 23.1. The highest BCUT2D eigenvalue weighted by Gasteiger charge is 2.58. The van der Waals surface area contributed by atoms with Crippen molar-refractivity contribution in [3.63, 3.8) is 0 Å². The van der Waals surface area contributed by atoms with Crippen LogP contribution in [-0.4, -0.2) is 6.10 Å². The summed E-state index contributed by atoms with van der Waals surface area (Å²) in [5.74, 6) is 0. The van der Waals surface area contributed by atoms with E-state index in [2.05, 4.69) is 55.5 Å². The molecule has 4 rings (SSSR count). The Morgan fingerprint density at radius 1 is 0.889 bits per heavy atom. The molecule has 0 radical (unpaired) electrons. The fourth-order valence-electron chi connectivity index (χ4n) is 3.43. The van der Waals surface area contributed by atoms with Gasteiger partial charge in [-0.15, -0.1) is 0 Å². The van der Waals surface area contributed by atoms with Crippen molar-refractivity contribution < 1.29 is 4.74 Å². The third-order valence-electron chi connectivity index (χ3n) is 4.38. The minimum absolute atomic E-state index is 0.163. The van der Waals surface area contributed by atoms with Crippen LogP contribution in [0, 0.1) is 0 Å². The van der Waals surface area contributed by atoms with Crippen LogP contribution in [0.1, 0.15) is 29.2 Å². The molecule has 0 N–H and O–H groups in total. The number of benzene rings is 2. The van der Waals surface area contributed by atoms with E-state index in [0.717, 1.165) is 12.8 Å². The van der Waals surface area contributed by atoms with E-state index in [1.54, 1.807) is 0 Å². The number of epoxide rings is 1. The van der Waals surface area contributed by atoms with E-state index >= 15 is 0 Å². The highest BCUT2D eigenvalue weighted by Crippen LogP contribution is 2.54. The fourth-order valence-corrected chi connectivity index (χ4v) is 3.43. The summed E-state index contributed by atoms with van der Waals surface area (Å²) in [5, 5.41) is 0. The first kappa shape index (κ1) is 10.3. The number of rotatable bonds is 0. The monoisotopic (exact) mass is 236 g/mol. The lowest BCUT2D eigenvalue weighted by Crippen LogP contribution is -2.15. The second-order valence-corrected chi connectivity index (χ2v) is 5.31. The topological polar surface area (TPSA) is 12.5 Å². The lowest BCUT2D eigenvalue weighted by Gasteiger charge is -2.16. The maximum Gasteiger partial charge on any atom is 0.145 e. The average Bonchev–Trinajstić information content (AvgIpc) is 3.12. The molecule has 1 heteroatoms. The van der Waals surface area contributed by atoms with Gasteiger partial charge < -0.3 is 4.74 Å². The van der Waals surface area contributed by atoms with Gasteiger partial charge in [0.05, 0.1) is 6.10 Å². The third-order valence-corrected chi connectivity index (χ3v) is 4.38. The molecule has 1 aliphatic heterocycles. The number of fused-ring (bicyclic) bond motifs is 4. The van der Waals surface area contributed by atoms with E-state index in [1.807, 2.05) is 0 Å². The summed E-state index contributed by atoms with van der Waals surface area (Å²) in [7, 11) is 0. The number of aryl methyl sites for hydroxylation is 2. The Labute approximate surface area is 107 Å². The molecule has 2 aromatic rings. The maximum absolute atomic E-state index is 6.08. The Morgan fingerprint density at radius 2 is 1.33 bits per heavy atom. The van der Waals surface area contributed by atoms with E-state index in [-0.39, 0.29) is 11.7 Å². The van der Waals surface area contributed by atoms with Crippen LogP contribution in [0.2, 0.25) is 0 Å². The molecule has 0 bridgehead atoms. The average molecular weight is 236 g/mol. The molecule has 1 fully saturated rings. The second-order valence-electron chi connectivity index (χ2n) is 5.31. The Bertz CT molecular complexity index is 567. The molecule has 1 unspecified atom stereocenters. The Balaban J connectivity index is 2.01. The molecular weight excluding hydrogens is 220 g/mol. The molecule has 1 atom stereocenters. The summed E-state index contributed by atoms with van der Waals surface area (Å²) in [4.78, 5) is 0. The van der Waals surface area contributed by atoms with Crippen LogP contribution in [0.4, 0.5) is 0 Å². The summed E-state index contributed by atoms with van der Waals surface area (Å²) >= 11 is 0. The van der Waals surface area contributed by atoms with Crippen LogP contribution in [-0.2, 0) is 23.2 Å². The largest absolute Gasteiger partial charge is 0.356 e. The first-order valence-electron chi connectivity index (χ1n) is 6.67. The molecule has 1 saturated heterocycles. The molecule has 1 spiro atoms. The van der Waals surface area contributed by atoms with E-state index in [0.29, 0.717) is 0 Å². The quantitative estimate of drug-likeness (QED) is 0.638. The van der Waals surface area contributed by atoms with Gasteiger partial charge in [0.15, 0.2) is 0 Å². The van der Waals surface area contributed by atoms with Crippen LogP contribution in [0.3, 0.4) is 0 Å². The molecule has 90 valence electrons. The zero-order valence-electron chi connectivity index (χ0n) is 10.5. The lowest BCUT2D eigenvalue weighted by molar-refractivity contribution is 0.331. The van der Waals surface area contributed by atoms with Crippen molar-refractivity contribution in [2.24, 2.45) is 0 Å². The molecule has 0 aromatic heterocycles. The van der Waals surface area contributed by atoms with Crippen molar-refractivity contribution >= 4 is 0 Å². The molecule has 1 aliphatic carbocycles. The minimum Gasteiger partial charge on any atom is -0.356 e. The van der Waals surface area contributed by atoms with E-state index in [9.17, 15) is 0 Å². The van der Waals surface area contributed by atoms with Gasteiger partial charge in [-0.25, -0.2) is 0 Å². The summed E-state index contributed by atoms with van der Waals surface area (Å²) in [6.45, 7) is 2.18. The Morgan fingerprint density at radius 3 is 1.78 bits per heavy atom. The van der Waals surface area contributed by atoms with Crippen molar-refractivity contribution in [1.29, 1.82) is 0 Å². The van der Waals surface area contributed by atoms with E-state index in [1.165, 1.54) is 22.3 Å². The van der Waals surface area contributed by atoms with Crippen LogP contribution in [0.5, 0.6) is 0 Å². The molecule has 1 heterocycles. The van der Waals surface area contributed by atoms with Gasteiger partial charge in [0.2, 0.25) is 0 Å². The number of hydrogen-bond donors (Lipinski definition) is 0. The maximum atomic E-state index is 6.08. The van der Waals surface area contributed by atoms with E-state index < -0.39 is 0 Å². The minimum atomic E-state index is -0.163. The van der Waals surface area contributed by atoms with E-state index in [4.69, 9.17) is 4.74 Å². The number of hydrogen-bond acceptors (Lipinski definition) is 1. The zero-order chi connectivity index (χ0) is 12.2. The van der Waals surface area contributed by atoms with Crippen LogP contribution in [0.15, 0.2) is 48.5 Å². The van der Waals surface area contributed by atoms with Gasteiger partial charge in [-0.2, -0.15) is 0 Å². The summed E-state index contributed by atoms with van der Waals surface area (Å²) in [6, 6.07) is 17.5. The first-order chi connectivity index (χ1) is 8.82. The van der Waals surface area contributed by atoms with Crippen molar-refractivity contribution in [3.8, 4) is 0 Å². The van der Waals surface area contributed by atoms with Gasteiger partial charge in [0.1, 0.15) is 5.60 Å². The molecule has 0 amide bonds. The van der Waals surface area contributed by atoms with Gasteiger partial charge in [0.25, 0.3) is 0 Å². The van der Waals surface area contributed by atoms with Gasteiger partial charge in [-0.1, -0.05) is 48.5 Å². The molecular formula is C17H16O. The molecule has 0 saturated carbocycles. The summed E-state index contributed by atoms with van der Waals surface area (Å²) in [5.41, 5.74) is 5.48. The molecule has 1 nitrogen and oxygen atoms in total. The summed E-state index contributed by atoms with van der Waals surface area (Å²) in [6.07, 6.45) is 2.52. The third kappa shape index (κ3) is 1.20. The van der Waals surface area contributed by atoms with Gasteiger partial charge >= 0.3 is 0 Å². The molecule has 2 aliphatic rings. The zero-order valence-corrected chi connectivity index (χ0v) is 10.5. The SMILES string of the molecule is CC1OC12c1ccccc1CCc1ccccc12. The highest BCUT2D eigenvalue weighted by atomic mass is 16.6. The highest BCUT2D eigenvalue weighted by molar-refractivity contribution is 5.52. The predicted octanol–water partition coefficient (Wildman–Crippen LogP) is 3.45. The van der Waals surface area contributed by atoms with Crippen LogP contribution < -0.4 is 0 Å². The predicted molar refractivity (Wildman–Crippen MR) is 71.6 cm³/mol. The van der Waals surface area contributed by atoms with Crippen molar-refractivity contribution in [2.75, 3.05) is 0 Å². The van der Waals surface area contributed by atoms with Crippen molar-refractivity contribution in [2.45, 2.75) is 31.5 Å². The van der Waals surface area contributed by atoms with Crippen LogP contribution in [0.25, 0.3) is 0 Å². The van der Waals surface area contributed by atoms with Crippen LogP contribution >= 0.6 is 0 Å². The Hall–Kier alpha value is -1.60. The second kappa shape index (κ2) is 3.46. The van der Waals surface area contributed by atoms with Crippen molar-refractivity contribution in [1.82, 2.24) is 0 Å². The van der Waals surface area contributed by atoms with Crippen molar-refractivity contribution in [3.05, 3.63) is 70.8 Å². The standard InChI is InChI=1S/C17H16O/c1-12-17(18-12)15-8-4-2-6-13(15)10-11-14-7-3-5-9-16(14)17/h2-9,12H,10-11H2,1H3. The summed E-state index contributed by atoms with van der Waals surface area (Å²) < 4.78 is 6.08. The lowest BCUT2D eigenvalue weighted by atomic mass is 9.85. The Kier molecular flexibility index (Phi) is 1.98. The molecule has 2 aromatic carbocycles. The smallest absolute Gasteiger partial charge is 0.145 e. The van der Waals surface area contributed by atoms with Gasteiger partial charge in [-0.05, 0) is 42.0 Å². The fraction of sp³-hybridized carbons (Fsp3) is 0.294. The van der Waals surface area contributed by atoms with Gasteiger partial charge in [-0.3, -0.25) is 0 Å². The number of ether oxygens (including phenoxy) is 1.